The summed E-state index contributed by atoms with van der Waals surface area (Å²) in [4.78, 5) is 31.1. The number of nitrogens with one attached hydrogen (secondary N) is 2. The van der Waals surface area contributed by atoms with E-state index in [1.165, 1.54) is 0 Å². The van der Waals surface area contributed by atoms with Crippen LogP contribution in [0.15, 0.2) is 65.2 Å². The fourth-order valence-corrected chi connectivity index (χ4v) is 3.23. The molecule has 10 nitrogen and oxygen atoms in total. The standard InChI is InChI=1S/C22H24N6O4/c23-22(24)25-13-7-12-16(21(30)31)26-19(29)18-27-20(32-28-18)17(14-8-3-1-4-9-14)15-10-5-2-6-11-15/h1-6,8-11,16-17H,7,12-13H2,(H,26,29)(H,30,31)(H4,23,24,25)/p+1/t16-/m0/s1. The molecule has 0 radical (unpaired) electrons. The van der Waals surface area contributed by atoms with E-state index in [9.17, 15) is 14.7 Å². The lowest BCUT2D eigenvalue weighted by atomic mass is 9.91. The number of carbonyl (C=O) groups is 2. The van der Waals surface area contributed by atoms with Crippen molar-refractivity contribution in [3.8, 4) is 0 Å². The Kier molecular flexibility index (Phi) is 7.52. The molecule has 0 saturated heterocycles. The molecule has 3 aromatic rings. The molecule has 10 heteroatoms. The topological polar surface area (TPSA) is 171 Å². The molecular weight excluding hydrogens is 412 g/mol. The van der Waals surface area contributed by atoms with Gasteiger partial charge in [-0.05, 0) is 24.0 Å². The van der Waals surface area contributed by atoms with Crippen molar-refractivity contribution in [2.24, 2.45) is 11.5 Å². The normalized spacial score (nSPS) is 11.7. The number of aromatic nitrogens is 2. The van der Waals surface area contributed by atoms with Gasteiger partial charge in [0.15, 0.2) is 0 Å². The third-order valence-corrected chi connectivity index (χ3v) is 4.76. The highest BCUT2D eigenvalue weighted by atomic mass is 16.5. The van der Waals surface area contributed by atoms with E-state index in [1.807, 2.05) is 60.7 Å². The Morgan fingerprint density at radius 2 is 1.62 bits per heavy atom. The van der Waals surface area contributed by atoms with E-state index < -0.39 is 17.9 Å². The van der Waals surface area contributed by atoms with Crippen molar-refractivity contribution < 1.29 is 24.2 Å². The van der Waals surface area contributed by atoms with Crippen molar-refractivity contribution >= 4 is 17.8 Å². The SMILES string of the molecule is NC(N)=[NH+]CCC[C@H](NC(=O)c1noc(C(c2ccccc2)c2ccccc2)n1)C(=O)O. The van der Waals surface area contributed by atoms with Crippen LogP contribution in [0.1, 0.15) is 46.4 Å². The molecule has 0 spiro atoms. The number of carboxylic acids is 1. The van der Waals surface area contributed by atoms with Gasteiger partial charge in [-0.2, -0.15) is 4.98 Å². The van der Waals surface area contributed by atoms with Gasteiger partial charge >= 0.3 is 11.9 Å². The predicted molar refractivity (Wildman–Crippen MR) is 115 cm³/mol. The monoisotopic (exact) mass is 437 g/mol. The van der Waals surface area contributed by atoms with Crippen molar-refractivity contribution in [3.05, 3.63) is 83.5 Å². The second kappa shape index (κ2) is 10.7. The first kappa shape index (κ1) is 22.5. The molecule has 0 aliphatic rings. The number of amides is 1. The number of hydrogen-bond donors (Lipinski definition) is 5. The Bertz CT molecular complexity index is 1020. The molecule has 1 amide bonds. The number of nitrogens with zero attached hydrogens (tertiary/aromatic N) is 2. The van der Waals surface area contributed by atoms with Gasteiger partial charge in [0.05, 0.1) is 12.5 Å². The fraction of sp³-hybridized carbons (Fsp3) is 0.227. The van der Waals surface area contributed by atoms with E-state index >= 15 is 0 Å². The zero-order chi connectivity index (χ0) is 22.9. The number of nitrogens with two attached hydrogens (primary N) is 2. The van der Waals surface area contributed by atoms with Crippen molar-refractivity contribution in [2.75, 3.05) is 6.54 Å². The van der Waals surface area contributed by atoms with Gasteiger partial charge in [0.2, 0.25) is 5.89 Å². The third kappa shape index (κ3) is 5.91. The average Bonchev–Trinajstić information content (AvgIpc) is 3.27. The molecule has 1 aromatic heterocycles. The number of benzene rings is 2. The largest absolute Gasteiger partial charge is 0.480 e. The molecule has 2 aromatic carbocycles. The highest BCUT2D eigenvalue weighted by molar-refractivity contribution is 5.93. The summed E-state index contributed by atoms with van der Waals surface area (Å²) in [5, 5.41) is 15.6. The Morgan fingerprint density at radius 1 is 1.03 bits per heavy atom. The highest BCUT2D eigenvalue weighted by Gasteiger charge is 2.27. The minimum atomic E-state index is -1.17. The van der Waals surface area contributed by atoms with E-state index in [1.54, 1.807) is 0 Å². The van der Waals surface area contributed by atoms with Crippen molar-refractivity contribution in [1.82, 2.24) is 15.5 Å². The van der Waals surface area contributed by atoms with E-state index in [0.29, 0.717) is 13.0 Å². The lowest BCUT2D eigenvalue weighted by Crippen LogP contribution is -2.78. The molecule has 0 unspecified atom stereocenters. The van der Waals surface area contributed by atoms with Gasteiger partial charge in [-0.1, -0.05) is 65.8 Å². The summed E-state index contributed by atoms with van der Waals surface area (Å²) >= 11 is 0. The van der Waals surface area contributed by atoms with Gasteiger partial charge in [0.1, 0.15) is 6.04 Å². The van der Waals surface area contributed by atoms with Crippen LogP contribution in [0.5, 0.6) is 0 Å². The van der Waals surface area contributed by atoms with Crippen LogP contribution >= 0.6 is 0 Å². The van der Waals surface area contributed by atoms with Crippen LogP contribution in [-0.2, 0) is 4.79 Å². The molecule has 0 aliphatic carbocycles. The maximum Gasteiger partial charge on any atom is 0.338 e. The number of hydrogen-bond acceptors (Lipinski definition) is 5. The van der Waals surface area contributed by atoms with Gasteiger partial charge in [-0.25, -0.2) is 4.79 Å². The highest BCUT2D eigenvalue weighted by Crippen LogP contribution is 2.30. The second-order valence-electron chi connectivity index (χ2n) is 7.10. The number of carboxylic acid groups (broad SMARTS) is 1. The van der Waals surface area contributed by atoms with Crippen LogP contribution < -0.4 is 21.8 Å². The van der Waals surface area contributed by atoms with Crippen molar-refractivity contribution in [1.29, 1.82) is 0 Å². The molecule has 0 aliphatic heterocycles. The zero-order valence-electron chi connectivity index (χ0n) is 17.3. The molecule has 1 atom stereocenters. The minimum Gasteiger partial charge on any atom is -0.480 e. The Hall–Kier alpha value is -4.21. The van der Waals surface area contributed by atoms with E-state index in [0.717, 1.165) is 11.1 Å². The molecule has 166 valence electrons. The van der Waals surface area contributed by atoms with Gasteiger partial charge in [-0.15, -0.1) is 0 Å². The summed E-state index contributed by atoms with van der Waals surface area (Å²) in [6.45, 7) is 0.379. The maximum absolute atomic E-state index is 12.6. The second-order valence-corrected chi connectivity index (χ2v) is 7.10. The van der Waals surface area contributed by atoms with Gasteiger partial charge in [-0.3, -0.25) is 21.3 Å². The number of carbonyl (C=O) groups excluding carboxylic acids is 1. The number of rotatable bonds is 10. The maximum atomic E-state index is 12.6. The van der Waals surface area contributed by atoms with Crippen LogP contribution in [-0.4, -0.2) is 45.7 Å². The molecule has 0 bridgehead atoms. The first-order chi connectivity index (χ1) is 15.5. The minimum absolute atomic E-state index is 0.0478. The average molecular weight is 437 g/mol. The van der Waals surface area contributed by atoms with E-state index in [4.69, 9.17) is 16.0 Å². The third-order valence-electron chi connectivity index (χ3n) is 4.76. The predicted octanol–water partition coefficient (Wildman–Crippen LogP) is -0.433. The van der Waals surface area contributed by atoms with E-state index in [2.05, 4.69) is 20.4 Å². The van der Waals surface area contributed by atoms with Gasteiger partial charge in [0, 0.05) is 0 Å². The summed E-state index contributed by atoms with van der Waals surface area (Å²) in [6, 6.07) is 18.0. The van der Waals surface area contributed by atoms with Crippen molar-refractivity contribution in [2.45, 2.75) is 24.8 Å². The summed E-state index contributed by atoms with van der Waals surface area (Å²) in [6.07, 6.45) is 0.597. The first-order valence-corrected chi connectivity index (χ1v) is 10.0. The summed E-state index contributed by atoms with van der Waals surface area (Å²) in [5.74, 6) is -2.22. The smallest absolute Gasteiger partial charge is 0.338 e. The van der Waals surface area contributed by atoms with Crippen LogP contribution in [0, 0.1) is 0 Å². The summed E-state index contributed by atoms with van der Waals surface area (Å²) < 4.78 is 5.41. The summed E-state index contributed by atoms with van der Waals surface area (Å²) in [5.41, 5.74) is 12.4. The Labute approximate surface area is 184 Å². The molecule has 3 rings (SSSR count). The molecular formula is C22H25N6O4+. The molecule has 7 N–H and O–H groups in total. The number of guanidine groups is 1. The lowest BCUT2D eigenvalue weighted by molar-refractivity contribution is -0.459. The zero-order valence-corrected chi connectivity index (χ0v) is 17.3. The summed E-state index contributed by atoms with van der Waals surface area (Å²) in [7, 11) is 0. The molecule has 0 fully saturated rings. The van der Waals surface area contributed by atoms with Gasteiger partial charge < -0.3 is 14.9 Å². The van der Waals surface area contributed by atoms with Crippen molar-refractivity contribution in [3.63, 3.8) is 0 Å². The molecule has 32 heavy (non-hydrogen) atoms. The van der Waals surface area contributed by atoms with Gasteiger partial charge in [0.25, 0.3) is 11.7 Å². The fourth-order valence-electron chi connectivity index (χ4n) is 3.23. The molecule has 1 heterocycles. The van der Waals surface area contributed by atoms with Crippen LogP contribution in [0.25, 0.3) is 0 Å². The first-order valence-electron chi connectivity index (χ1n) is 10.0. The Balaban J connectivity index is 1.77. The lowest BCUT2D eigenvalue weighted by Gasteiger charge is -2.13. The molecule has 0 saturated carbocycles. The quantitative estimate of drug-likeness (QED) is 0.161. The van der Waals surface area contributed by atoms with Crippen LogP contribution in [0.4, 0.5) is 0 Å². The van der Waals surface area contributed by atoms with Crippen LogP contribution in [0.2, 0.25) is 0 Å². The van der Waals surface area contributed by atoms with Crippen LogP contribution in [0.3, 0.4) is 0 Å². The van der Waals surface area contributed by atoms with E-state index in [-0.39, 0.29) is 30.0 Å². The number of aliphatic carboxylic acids is 1. The Morgan fingerprint density at radius 3 is 2.16 bits per heavy atom.